The first-order valence-corrected chi connectivity index (χ1v) is 4.74. The Labute approximate surface area is 69.5 Å². The zero-order valence-corrected chi connectivity index (χ0v) is 7.47. The minimum Gasteiger partial charge on any atom is -0.326 e. The maximum atomic E-state index is 6.00. The monoisotopic (exact) mass is 156 g/mol. The van der Waals surface area contributed by atoms with E-state index < -0.39 is 0 Å². The van der Waals surface area contributed by atoms with Crippen LogP contribution < -0.4 is 11.1 Å². The molecule has 1 unspecified atom stereocenters. The standard InChI is InChI=1S/C9H20N2/c1-11-7-9(10)8-5-3-2-4-6-8/h8-9,11H,2-7,10H2,1H3. The molecule has 0 aromatic heterocycles. The van der Waals surface area contributed by atoms with Gasteiger partial charge in [-0.15, -0.1) is 0 Å². The van der Waals surface area contributed by atoms with Crippen molar-refractivity contribution in [2.24, 2.45) is 11.7 Å². The van der Waals surface area contributed by atoms with Gasteiger partial charge in [0.05, 0.1) is 0 Å². The van der Waals surface area contributed by atoms with Crippen LogP contribution in [0.5, 0.6) is 0 Å². The third kappa shape index (κ3) is 2.80. The fraction of sp³-hybridized carbons (Fsp3) is 1.00. The lowest BCUT2D eigenvalue weighted by atomic mass is 9.84. The lowest BCUT2D eigenvalue weighted by Gasteiger charge is -2.27. The molecule has 11 heavy (non-hydrogen) atoms. The second kappa shape index (κ2) is 4.73. The molecule has 1 saturated carbocycles. The highest BCUT2D eigenvalue weighted by Gasteiger charge is 2.19. The molecule has 1 rings (SSSR count). The van der Waals surface area contributed by atoms with Crippen molar-refractivity contribution in [2.75, 3.05) is 13.6 Å². The number of nitrogens with two attached hydrogens (primary N) is 1. The summed E-state index contributed by atoms with van der Waals surface area (Å²) in [7, 11) is 1.97. The summed E-state index contributed by atoms with van der Waals surface area (Å²) in [5.74, 6) is 0.788. The number of hydrogen-bond acceptors (Lipinski definition) is 2. The maximum absolute atomic E-state index is 6.00. The van der Waals surface area contributed by atoms with Crippen LogP contribution in [0, 0.1) is 5.92 Å². The zero-order chi connectivity index (χ0) is 8.10. The summed E-state index contributed by atoms with van der Waals surface area (Å²) in [5.41, 5.74) is 6.00. The third-order valence-corrected chi connectivity index (χ3v) is 2.70. The van der Waals surface area contributed by atoms with E-state index in [-0.39, 0.29) is 0 Å². The van der Waals surface area contributed by atoms with Crippen molar-refractivity contribution in [3.05, 3.63) is 0 Å². The summed E-state index contributed by atoms with van der Waals surface area (Å²) in [6, 6.07) is 0.389. The lowest BCUT2D eigenvalue weighted by molar-refractivity contribution is 0.301. The number of nitrogens with one attached hydrogen (secondary N) is 1. The van der Waals surface area contributed by atoms with Crippen LogP contribution in [0.1, 0.15) is 32.1 Å². The van der Waals surface area contributed by atoms with Crippen LogP contribution in [0.2, 0.25) is 0 Å². The van der Waals surface area contributed by atoms with Gasteiger partial charge in [-0.3, -0.25) is 0 Å². The summed E-state index contributed by atoms with van der Waals surface area (Å²) in [4.78, 5) is 0. The molecule has 66 valence electrons. The first kappa shape index (κ1) is 9.01. The van der Waals surface area contributed by atoms with Gasteiger partial charge in [0.1, 0.15) is 0 Å². The predicted octanol–water partition coefficient (Wildman–Crippen LogP) is 1.11. The largest absolute Gasteiger partial charge is 0.326 e. The topological polar surface area (TPSA) is 38.0 Å². The average Bonchev–Trinajstić information content (AvgIpc) is 2.07. The van der Waals surface area contributed by atoms with Crippen molar-refractivity contribution in [1.82, 2.24) is 5.32 Å². The molecule has 1 aliphatic rings. The molecule has 0 saturated heterocycles. The molecular weight excluding hydrogens is 136 g/mol. The minimum absolute atomic E-state index is 0.389. The lowest BCUT2D eigenvalue weighted by Crippen LogP contribution is -2.39. The van der Waals surface area contributed by atoms with Crippen molar-refractivity contribution in [2.45, 2.75) is 38.1 Å². The zero-order valence-electron chi connectivity index (χ0n) is 7.47. The van der Waals surface area contributed by atoms with Crippen LogP contribution in [-0.4, -0.2) is 19.6 Å². The van der Waals surface area contributed by atoms with Crippen molar-refractivity contribution in [3.8, 4) is 0 Å². The molecule has 0 aromatic carbocycles. The second-order valence-electron chi connectivity index (χ2n) is 3.62. The van der Waals surface area contributed by atoms with Crippen LogP contribution >= 0.6 is 0 Å². The highest BCUT2D eigenvalue weighted by Crippen LogP contribution is 2.25. The van der Waals surface area contributed by atoms with Gasteiger partial charge in [-0.2, -0.15) is 0 Å². The summed E-state index contributed by atoms with van der Waals surface area (Å²) in [6.45, 7) is 0.977. The van der Waals surface area contributed by atoms with Gasteiger partial charge in [-0.25, -0.2) is 0 Å². The highest BCUT2D eigenvalue weighted by molar-refractivity contribution is 4.77. The van der Waals surface area contributed by atoms with Crippen molar-refractivity contribution < 1.29 is 0 Å². The first-order chi connectivity index (χ1) is 5.34. The van der Waals surface area contributed by atoms with Crippen LogP contribution in [0.25, 0.3) is 0 Å². The molecule has 1 fully saturated rings. The molecule has 2 heteroatoms. The molecule has 0 radical (unpaired) electrons. The highest BCUT2D eigenvalue weighted by atomic mass is 14.9. The Bertz CT molecular complexity index is 97.7. The second-order valence-corrected chi connectivity index (χ2v) is 3.62. The van der Waals surface area contributed by atoms with Crippen molar-refractivity contribution in [1.29, 1.82) is 0 Å². The summed E-state index contributed by atoms with van der Waals surface area (Å²) in [6.07, 6.45) is 6.90. The Morgan fingerprint density at radius 2 is 2.00 bits per heavy atom. The normalized spacial score (nSPS) is 23.5. The number of hydrogen-bond donors (Lipinski definition) is 2. The van der Waals surface area contributed by atoms with E-state index in [2.05, 4.69) is 5.32 Å². The van der Waals surface area contributed by atoms with Gasteiger partial charge >= 0.3 is 0 Å². The number of likely N-dealkylation sites (N-methyl/N-ethyl adjacent to an activating group) is 1. The predicted molar refractivity (Wildman–Crippen MR) is 48.5 cm³/mol. The van der Waals surface area contributed by atoms with Gasteiger partial charge < -0.3 is 11.1 Å². The van der Waals surface area contributed by atoms with Crippen LogP contribution in [0.4, 0.5) is 0 Å². The molecule has 0 aliphatic heterocycles. The molecule has 1 atom stereocenters. The van der Waals surface area contributed by atoms with E-state index in [0.717, 1.165) is 12.5 Å². The van der Waals surface area contributed by atoms with Gasteiger partial charge in [0, 0.05) is 12.6 Å². The Morgan fingerprint density at radius 3 is 2.55 bits per heavy atom. The van der Waals surface area contributed by atoms with Gasteiger partial charge in [-0.05, 0) is 25.8 Å². The Hall–Kier alpha value is -0.0800. The van der Waals surface area contributed by atoms with Crippen LogP contribution in [0.3, 0.4) is 0 Å². The third-order valence-electron chi connectivity index (χ3n) is 2.70. The molecule has 0 heterocycles. The fourth-order valence-electron chi connectivity index (χ4n) is 1.96. The summed E-state index contributed by atoms with van der Waals surface area (Å²) in [5, 5.41) is 3.14. The first-order valence-electron chi connectivity index (χ1n) is 4.74. The molecule has 0 bridgehead atoms. The minimum atomic E-state index is 0.389. The van der Waals surface area contributed by atoms with Crippen LogP contribution in [0.15, 0.2) is 0 Å². The summed E-state index contributed by atoms with van der Waals surface area (Å²) < 4.78 is 0. The van der Waals surface area contributed by atoms with Gasteiger partial charge in [-0.1, -0.05) is 19.3 Å². The van der Waals surface area contributed by atoms with E-state index in [4.69, 9.17) is 5.73 Å². The van der Waals surface area contributed by atoms with Crippen molar-refractivity contribution in [3.63, 3.8) is 0 Å². The van der Waals surface area contributed by atoms with Gasteiger partial charge in [0.25, 0.3) is 0 Å². The van der Waals surface area contributed by atoms with Crippen LogP contribution in [-0.2, 0) is 0 Å². The Kier molecular flexibility index (Phi) is 3.87. The van der Waals surface area contributed by atoms with E-state index in [0.29, 0.717) is 6.04 Å². The molecule has 0 amide bonds. The quantitative estimate of drug-likeness (QED) is 0.642. The number of rotatable bonds is 3. The van der Waals surface area contributed by atoms with Crippen molar-refractivity contribution >= 4 is 0 Å². The van der Waals surface area contributed by atoms with E-state index in [1.807, 2.05) is 7.05 Å². The molecule has 2 nitrogen and oxygen atoms in total. The van der Waals surface area contributed by atoms with E-state index in [9.17, 15) is 0 Å². The Balaban J connectivity index is 2.21. The Morgan fingerprint density at radius 1 is 1.36 bits per heavy atom. The van der Waals surface area contributed by atoms with Gasteiger partial charge in [0.2, 0.25) is 0 Å². The SMILES string of the molecule is CNCC(N)C1CCCCC1. The maximum Gasteiger partial charge on any atom is 0.0193 e. The molecule has 1 aliphatic carbocycles. The molecule has 0 aromatic rings. The van der Waals surface area contributed by atoms with Gasteiger partial charge in [0.15, 0.2) is 0 Å². The van der Waals surface area contributed by atoms with E-state index >= 15 is 0 Å². The van der Waals surface area contributed by atoms with E-state index in [1.165, 1.54) is 32.1 Å². The summed E-state index contributed by atoms with van der Waals surface area (Å²) >= 11 is 0. The smallest absolute Gasteiger partial charge is 0.0193 e. The fourth-order valence-corrected chi connectivity index (χ4v) is 1.96. The average molecular weight is 156 g/mol. The molecular formula is C9H20N2. The van der Waals surface area contributed by atoms with E-state index in [1.54, 1.807) is 0 Å². The molecule has 3 N–H and O–H groups in total. The molecule has 0 spiro atoms.